The van der Waals surface area contributed by atoms with Crippen molar-refractivity contribution in [2.75, 3.05) is 5.73 Å². The molecule has 2 rings (SSSR count). The van der Waals surface area contributed by atoms with Gasteiger partial charge in [0, 0.05) is 12.1 Å². The Morgan fingerprint density at radius 2 is 1.95 bits per heavy atom. The van der Waals surface area contributed by atoms with Gasteiger partial charge in [-0.2, -0.15) is 0 Å². The van der Waals surface area contributed by atoms with Crippen molar-refractivity contribution in [2.24, 2.45) is 0 Å². The molecule has 98 valence electrons. The number of benzene rings is 2. The van der Waals surface area contributed by atoms with Crippen LogP contribution in [0.25, 0.3) is 0 Å². The second kappa shape index (κ2) is 5.39. The van der Waals surface area contributed by atoms with Gasteiger partial charge in [-0.25, -0.2) is 0 Å². The van der Waals surface area contributed by atoms with Crippen LogP contribution < -0.4 is 10.5 Å². The molecule has 0 heterocycles. The fourth-order valence-corrected chi connectivity index (χ4v) is 1.76. The van der Waals surface area contributed by atoms with Crippen LogP contribution in [0.5, 0.6) is 11.5 Å². The first-order valence-electron chi connectivity index (χ1n) is 5.91. The van der Waals surface area contributed by atoms with Crippen molar-refractivity contribution in [1.82, 2.24) is 0 Å². The zero-order chi connectivity index (χ0) is 13.8. The third kappa shape index (κ3) is 2.82. The molecule has 0 saturated carbocycles. The molecule has 0 amide bonds. The summed E-state index contributed by atoms with van der Waals surface area (Å²) >= 11 is 0. The van der Waals surface area contributed by atoms with Gasteiger partial charge in [0.15, 0.2) is 5.75 Å². The number of nitrogens with two attached hydrogens (primary N) is 1. The van der Waals surface area contributed by atoms with Crippen LogP contribution in [0.2, 0.25) is 0 Å². The first-order chi connectivity index (χ1) is 9.11. The van der Waals surface area contributed by atoms with Gasteiger partial charge in [-0.1, -0.05) is 25.1 Å². The van der Waals surface area contributed by atoms with E-state index < -0.39 is 4.92 Å². The summed E-state index contributed by atoms with van der Waals surface area (Å²) in [6.07, 6.45) is 0.836. The lowest BCUT2D eigenvalue weighted by Gasteiger charge is -2.11. The molecule has 0 aliphatic carbocycles. The van der Waals surface area contributed by atoms with E-state index in [1.165, 1.54) is 18.2 Å². The number of aryl methyl sites for hydroxylation is 1. The number of hydrogen-bond acceptors (Lipinski definition) is 4. The van der Waals surface area contributed by atoms with E-state index in [0.717, 1.165) is 12.0 Å². The highest BCUT2D eigenvalue weighted by Gasteiger charge is 2.11. The van der Waals surface area contributed by atoms with Crippen molar-refractivity contribution in [3.05, 3.63) is 58.1 Å². The molecule has 0 atom stereocenters. The summed E-state index contributed by atoms with van der Waals surface area (Å²) in [5, 5.41) is 10.6. The molecule has 0 spiro atoms. The van der Waals surface area contributed by atoms with Crippen molar-refractivity contribution >= 4 is 11.4 Å². The quantitative estimate of drug-likeness (QED) is 0.517. The molecule has 2 aromatic rings. The summed E-state index contributed by atoms with van der Waals surface area (Å²) in [4.78, 5) is 10.1. The number of nitro benzene ring substituents is 1. The van der Waals surface area contributed by atoms with Gasteiger partial charge in [-0.3, -0.25) is 10.1 Å². The summed E-state index contributed by atoms with van der Waals surface area (Å²) in [6.45, 7) is 2.03. The van der Waals surface area contributed by atoms with Crippen molar-refractivity contribution in [3.63, 3.8) is 0 Å². The molecular formula is C14H14N2O3. The van der Waals surface area contributed by atoms with Crippen molar-refractivity contribution in [3.8, 4) is 11.5 Å². The lowest BCUT2D eigenvalue weighted by Crippen LogP contribution is -1.96. The predicted molar refractivity (Wildman–Crippen MR) is 73.4 cm³/mol. The van der Waals surface area contributed by atoms with Crippen LogP contribution in [0.1, 0.15) is 12.5 Å². The first-order valence-corrected chi connectivity index (χ1v) is 5.91. The fraction of sp³-hybridized carbons (Fsp3) is 0.143. The summed E-state index contributed by atoms with van der Waals surface area (Å²) in [5.74, 6) is 1.14. The Morgan fingerprint density at radius 3 is 2.58 bits per heavy atom. The van der Waals surface area contributed by atoms with Gasteiger partial charge < -0.3 is 10.5 Å². The maximum absolute atomic E-state index is 10.6. The number of nitrogens with zero attached hydrogens (tertiary/aromatic N) is 1. The highest BCUT2D eigenvalue weighted by atomic mass is 16.6. The predicted octanol–water partition coefficient (Wildman–Crippen LogP) is 3.53. The van der Waals surface area contributed by atoms with Gasteiger partial charge in [-0.15, -0.1) is 0 Å². The number of non-ortho nitro benzene ring substituents is 1. The Labute approximate surface area is 110 Å². The van der Waals surface area contributed by atoms with Gasteiger partial charge in [0.1, 0.15) is 5.75 Å². The summed E-state index contributed by atoms with van der Waals surface area (Å²) in [6, 6.07) is 11.8. The molecule has 2 aromatic carbocycles. The normalized spacial score (nSPS) is 10.2. The number of anilines is 1. The fourth-order valence-electron chi connectivity index (χ4n) is 1.76. The van der Waals surface area contributed by atoms with Crippen molar-refractivity contribution in [2.45, 2.75) is 13.3 Å². The molecule has 0 bridgehead atoms. The van der Waals surface area contributed by atoms with Crippen LogP contribution in [0, 0.1) is 10.1 Å². The van der Waals surface area contributed by atoms with E-state index >= 15 is 0 Å². The molecule has 0 unspecified atom stereocenters. The average Bonchev–Trinajstić information content (AvgIpc) is 2.41. The smallest absolute Gasteiger partial charge is 0.271 e. The van der Waals surface area contributed by atoms with Gasteiger partial charge in [0.2, 0.25) is 0 Å². The Bertz CT molecular complexity index is 611. The largest absolute Gasteiger partial charge is 0.455 e. The third-order valence-corrected chi connectivity index (χ3v) is 2.78. The second-order valence-corrected chi connectivity index (χ2v) is 4.04. The monoisotopic (exact) mass is 258 g/mol. The van der Waals surface area contributed by atoms with Crippen molar-refractivity contribution in [1.29, 1.82) is 0 Å². The minimum atomic E-state index is -0.486. The molecular weight excluding hydrogens is 244 g/mol. The van der Waals surface area contributed by atoms with Crippen LogP contribution >= 0.6 is 0 Å². The van der Waals surface area contributed by atoms with E-state index in [-0.39, 0.29) is 11.4 Å². The van der Waals surface area contributed by atoms with Gasteiger partial charge in [0.05, 0.1) is 10.6 Å². The summed E-state index contributed by atoms with van der Waals surface area (Å²) in [5.41, 5.74) is 7.03. The summed E-state index contributed by atoms with van der Waals surface area (Å²) in [7, 11) is 0. The van der Waals surface area contributed by atoms with E-state index in [2.05, 4.69) is 0 Å². The van der Waals surface area contributed by atoms with Gasteiger partial charge in [-0.05, 0) is 24.1 Å². The van der Waals surface area contributed by atoms with Gasteiger partial charge in [0.25, 0.3) is 5.69 Å². The molecule has 0 radical (unpaired) electrons. The minimum Gasteiger partial charge on any atom is -0.455 e. The Hall–Kier alpha value is -2.56. The van der Waals surface area contributed by atoms with Crippen LogP contribution in [0.3, 0.4) is 0 Å². The highest BCUT2D eigenvalue weighted by molar-refractivity contribution is 5.59. The topological polar surface area (TPSA) is 78.4 Å². The van der Waals surface area contributed by atoms with Crippen LogP contribution in [-0.4, -0.2) is 4.92 Å². The van der Waals surface area contributed by atoms with E-state index in [9.17, 15) is 10.1 Å². The summed E-state index contributed by atoms with van der Waals surface area (Å²) < 4.78 is 5.72. The second-order valence-electron chi connectivity index (χ2n) is 4.04. The maximum Gasteiger partial charge on any atom is 0.271 e. The Morgan fingerprint density at radius 1 is 1.21 bits per heavy atom. The lowest BCUT2D eigenvalue weighted by atomic mass is 10.1. The van der Waals surface area contributed by atoms with E-state index in [1.807, 2.05) is 31.2 Å². The van der Waals surface area contributed by atoms with E-state index in [1.54, 1.807) is 0 Å². The standard InChI is InChI=1S/C14H14N2O3/c1-2-10-5-3-4-6-13(10)19-14-8-7-11(16(17)18)9-12(14)15/h3-9H,2,15H2,1H3. The van der Waals surface area contributed by atoms with E-state index in [0.29, 0.717) is 11.5 Å². The number of ether oxygens (including phenoxy) is 1. The van der Waals surface area contributed by atoms with Crippen LogP contribution in [-0.2, 0) is 6.42 Å². The number of rotatable bonds is 4. The SMILES string of the molecule is CCc1ccccc1Oc1ccc([N+](=O)[O-])cc1N. The molecule has 0 aromatic heterocycles. The highest BCUT2D eigenvalue weighted by Crippen LogP contribution is 2.32. The molecule has 2 N–H and O–H groups in total. The zero-order valence-electron chi connectivity index (χ0n) is 10.5. The zero-order valence-corrected chi connectivity index (χ0v) is 10.5. The minimum absolute atomic E-state index is 0.0476. The number of para-hydroxylation sites is 1. The van der Waals surface area contributed by atoms with Crippen LogP contribution in [0.4, 0.5) is 11.4 Å². The molecule has 5 heteroatoms. The van der Waals surface area contributed by atoms with E-state index in [4.69, 9.17) is 10.5 Å². The lowest BCUT2D eigenvalue weighted by molar-refractivity contribution is -0.384. The molecule has 0 fully saturated rings. The Balaban J connectivity index is 2.31. The number of nitrogen functional groups attached to an aromatic ring is 1. The molecule has 0 aliphatic heterocycles. The maximum atomic E-state index is 10.6. The molecule has 0 saturated heterocycles. The first kappa shape index (κ1) is 12.9. The molecule has 19 heavy (non-hydrogen) atoms. The van der Waals surface area contributed by atoms with Gasteiger partial charge >= 0.3 is 0 Å². The average molecular weight is 258 g/mol. The number of nitro groups is 1. The molecule has 0 aliphatic rings. The molecule has 5 nitrogen and oxygen atoms in total. The number of hydrogen-bond donors (Lipinski definition) is 1. The Kier molecular flexibility index (Phi) is 3.66. The third-order valence-electron chi connectivity index (χ3n) is 2.78. The van der Waals surface area contributed by atoms with Crippen molar-refractivity contribution < 1.29 is 9.66 Å². The van der Waals surface area contributed by atoms with Crippen LogP contribution in [0.15, 0.2) is 42.5 Å².